The van der Waals surface area contributed by atoms with Gasteiger partial charge in [0.15, 0.2) is 17.2 Å². The Bertz CT molecular complexity index is 1510. The molecular formula is C27H18Cl2N2O7. The van der Waals surface area contributed by atoms with Crippen LogP contribution in [0.5, 0.6) is 11.5 Å². The lowest BCUT2D eigenvalue weighted by Crippen LogP contribution is -2.06. The van der Waals surface area contributed by atoms with E-state index in [1.165, 1.54) is 54.6 Å². The van der Waals surface area contributed by atoms with Gasteiger partial charge >= 0.3 is 11.9 Å². The van der Waals surface area contributed by atoms with E-state index in [0.717, 1.165) is 0 Å². The van der Waals surface area contributed by atoms with Crippen molar-refractivity contribution >= 4 is 58.9 Å². The number of halogens is 2. The van der Waals surface area contributed by atoms with Crippen LogP contribution in [-0.4, -0.2) is 29.4 Å². The lowest BCUT2D eigenvalue weighted by atomic mass is 10.1. The molecule has 0 aliphatic carbocycles. The van der Waals surface area contributed by atoms with E-state index in [1.807, 2.05) is 0 Å². The number of nitro benzene ring substituents is 1. The van der Waals surface area contributed by atoms with Gasteiger partial charge in [0.05, 0.1) is 22.1 Å². The minimum Gasteiger partial charge on any atom is -0.490 e. The molecule has 0 radical (unpaired) electrons. The van der Waals surface area contributed by atoms with E-state index in [9.17, 15) is 19.7 Å². The smallest absolute Gasteiger partial charge is 0.363 e. The van der Waals surface area contributed by atoms with Gasteiger partial charge in [0.1, 0.15) is 0 Å². The number of nitro groups is 1. The molecule has 192 valence electrons. The molecule has 0 saturated carbocycles. The van der Waals surface area contributed by atoms with Gasteiger partial charge in [0.2, 0.25) is 5.90 Å². The van der Waals surface area contributed by atoms with Crippen molar-refractivity contribution in [2.75, 3.05) is 6.61 Å². The van der Waals surface area contributed by atoms with Crippen molar-refractivity contribution in [3.8, 4) is 11.5 Å². The number of ether oxygens (including phenoxy) is 3. The van der Waals surface area contributed by atoms with E-state index in [4.69, 9.17) is 37.4 Å². The molecule has 1 aliphatic heterocycles. The quantitative estimate of drug-likeness (QED) is 0.106. The fourth-order valence-corrected chi connectivity index (χ4v) is 3.82. The van der Waals surface area contributed by atoms with Gasteiger partial charge in [-0.3, -0.25) is 10.1 Å². The summed E-state index contributed by atoms with van der Waals surface area (Å²) in [5.74, 6) is -0.841. The van der Waals surface area contributed by atoms with Gasteiger partial charge in [-0.05, 0) is 72.7 Å². The van der Waals surface area contributed by atoms with E-state index in [1.54, 1.807) is 31.2 Å². The fourth-order valence-electron chi connectivity index (χ4n) is 3.33. The first kappa shape index (κ1) is 26.6. The first-order valence-electron chi connectivity index (χ1n) is 11.1. The number of nitrogens with zero attached hydrogens (tertiary/aromatic N) is 2. The summed E-state index contributed by atoms with van der Waals surface area (Å²) in [7, 11) is 0. The molecule has 3 aromatic carbocycles. The highest BCUT2D eigenvalue weighted by molar-refractivity contribution is 6.37. The zero-order valence-electron chi connectivity index (χ0n) is 19.7. The zero-order chi connectivity index (χ0) is 27.2. The number of cyclic esters (lactones) is 1. The number of carbonyl (C=O) groups excluding carboxylic acids is 2. The molecule has 1 heterocycles. The Labute approximate surface area is 226 Å². The minimum absolute atomic E-state index is 0.0456. The summed E-state index contributed by atoms with van der Waals surface area (Å²) in [6.45, 7) is 2.06. The maximum atomic E-state index is 12.4. The Kier molecular flexibility index (Phi) is 8.20. The van der Waals surface area contributed by atoms with E-state index in [2.05, 4.69) is 4.99 Å². The van der Waals surface area contributed by atoms with Crippen LogP contribution >= 0.6 is 23.2 Å². The number of hydrogen-bond donors (Lipinski definition) is 0. The van der Waals surface area contributed by atoms with Crippen molar-refractivity contribution in [3.05, 3.63) is 109 Å². The first-order chi connectivity index (χ1) is 18.2. The van der Waals surface area contributed by atoms with Gasteiger partial charge in [-0.2, -0.15) is 0 Å². The second kappa shape index (κ2) is 11.7. The molecule has 0 bridgehead atoms. The predicted octanol–water partition coefficient (Wildman–Crippen LogP) is 6.26. The third kappa shape index (κ3) is 6.44. The summed E-state index contributed by atoms with van der Waals surface area (Å²) in [6, 6.07) is 15.2. The standard InChI is InChI=1S/C27H18Cl2N2O7/c1-2-36-24-14-17(13-22-27(33)38-26(30-22)20-10-7-18(28)15-21(20)29)5-11-23(24)37-25(32)12-6-16-3-8-19(9-4-16)31(34)35/h3-15H,2H2,1H3/b12-6+,22-13-. The monoisotopic (exact) mass is 552 g/mol. The van der Waals surface area contributed by atoms with Crippen LogP contribution in [0.1, 0.15) is 23.6 Å². The summed E-state index contributed by atoms with van der Waals surface area (Å²) >= 11 is 12.1. The van der Waals surface area contributed by atoms with Crippen LogP contribution in [0, 0.1) is 10.1 Å². The number of carbonyl (C=O) groups is 2. The van der Waals surface area contributed by atoms with Crippen molar-refractivity contribution in [1.82, 2.24) is 0 Å². The van der Waals surface area contributed by atoms with Crippen molar-refractivity contribution in [3.63, 3.8) is 0 Å². The summed E-state index contributed by atoms with van der Waals surface area (Å²) < 4.78 is 16.3. The molecule has 0 saturated heterocycles. The van der Waals surface area contributed by atoms with Gasteiger partial charge in [-0.25, -0.2) is 14.6 Å². The first-order valence-corrected chi connectivity index (χ1v) is 11.9. The third-order valence-corrected chi connectivity index (χ3v) is 5.63. The summed E-state index contributed by atoms with van der Waals surface area (Å²) in [6.07, 6.45) is 4.17. The summed E-state index contributed by atoms with van der Waals surface area (Å²) in [5.41, 5.74) is 1.55. The van der Waals surface area contributed by atoms with Crippen LogP contribution < -0.4 is 9.47 Å². The Balaban J connectivity index is 1.51. The second-order valence-electron chi connectivity index (χ2n) is 7.70. The average Bonchev–Trinajstić information content (AvgIpc) is 3.24. The molecule has 0 fully saturated rings. The van der Waals surface area contributed by atoms with Crippen LogP contribution in [0.25, 0.3) is 12.2 Å². The molecule has 1 aliphatic rings. The molecule has 4 rings (SSSR count). The number of aliphatic imine (C=N–C) groups is 1. The van der Waals surface area contributed by atoms with Crippen LogP contribution in [-0.2, 0) is 14.3 Å². The molecular weight excluding hydrogens is 535 g/mol. The predicted molar refractivity (Wildman–Crippen MR) is 142 cm³/mol. The minimum atomic E-state index is -0.677. The van der Waals surface area contributed by atoms with E-state index in [-0.39, 0.29) is 33.8 Å². The van der Waals surface area contributed by atoms with Gasteiger partial charge < -0.3 is 14.2 Å². The number of rotatable bonds is 8. The zero-order valence-corrected chi connectivity index (χ0v) is 21.2. The van der Waals surface area contributed by atoms with Crippen LogP contribution in [0.3, 0.4) is 0 Å². The second-order valence-corrected chi connectivity index (χ2v) is 8.55. The largest absolute Gasteiger partial charge is 0.490 e. The van der Waals surface area contributed by atoms with Crippen molar-refractivity contribution in [2.24, 2.45) is 4.99 Å². The Morgan fingerprint density at radius 3 is 2.47 bits per heavy atom. The van der Waals surface area contributed by atoms with E-state index >= 15 is 0 Å². The molecule has 0 N–H and O–H groups in total. The van der Waals surface area contributed by atoms with Gasteiger partial charge in [0.25, 0.3) is 5.69 Å². The molecule has 0 unspecified atom stereocenters. The normalized spacial score (nSPS) is 13.9. The van der Waals surface area contributed by atoms with E-state index < -0.39 is 16.9 Å². The Hall–Kier alpha value is -4.47. The maximum Gasteiger partial charge on any atom is 0.363 e. The van der Waals surface area contributed by atoms with Crippen molar-refractivity contribution in [2.45, 2.75) is 6.92 Å². The maximum absolute atomic E-state index is 12.4. The molecule has 11 heteroatoms. The topological polar surface area (TPSA) is 117 Å². The highest BCUT2D eigenvalue weighted by atomic mass is 35.5. The van der Waals surface area contributed by atoms with Crippen LogP contribution in [0.2, 0.25) is 10.0 Å². The molecule has 0 spiro atoms. The third-order valence-electron chi connectivity index (χ3n) is 5.08. The van der Waals surface area contributed by atoms with Crippen LogP contribution in [0.4, 0.5) is 5.69 Å². The van der Waals surface area contributed by atoms with Crippen molar-refractivity contribution in [1.29, 1.82) is 0 Å². The number of non-ortho nitro benzene ring substituents is 1. The highest BCUT2D eigenvalue weighted by Crippen LogP contribution is 2.31. The van der Waals surface area contributed by atoms with Crippen molar-refractivity contribution < 1.29 is 28.7 Å². The molecule has 0 atom stereocenters. The van der Waals surface area contributed by atoms with Gasteiger partial charge in [-0.15, -0.1) is 0 Å². The number of benzene rings is 3. The molecule has 3 aromatic rings. The number of esters is 2. The lowest BCUT2D eigenvalue weighted by molar-refractivity contribution is -0.384. The molecule has 38 heavy (non-hydrogen) atoms. The Morgan fingerprint density at radius 2 is 1.79 bits per heavy atom. The lowest BCUT2D eigenvalue weighted by Gasteiger charge is -2.10. The number of hydrogen-bond acceptors (Lipinski definition) is 8. The average molecular weight is 553 g/mol. The molecule has 9 nitrogen and oxygen atoms in total. The van der Waals surface area contributed by atoms with Gasteiger partial charge in [0, 0.05) is 23.2 Å². The van der Waals surface area contributed by atoms with Gasteiger partial charge in [-0.1, -0.05) is 29.3 Å². The molecule has 0 amide bonds. The van der Waals surface area contributed by atoms with Crippen LogP contribution in [0.15, 0.2) is 77.4 Å². The highest BCUT2D eigenvalue weighted by Gasteiger charge is 2.26. The summed E-state index contributed by atoms with van der Waals surface area (Å²) in [5, 5.41) is 11.5. The Morgan fingerprint density at radius 1 is 1.05 bits per heavy atom. The summed E-state index contributed by atoms with van der Waals surface area (Å²) in [4.78, 5) is 39.2. The molecule has 0 aromatic heterocycles. The SMILES string of the molecule is CCOc1cc(/C=C2\N=C(c3ccc(Cl)cc3Cl)OC2=O)ccc1OC(=O)/C=C/c1ccc([N+](=O)[O-])cc1. The van der Waals surface area contributed by atoms with E-state index in [0.29, 0.717) is 28.3 Å². The fraction of sp³-hybridized carbons (Fsp3) is 0.0741.